The fraction of sp³-hybridized carbons (Fsp3) is 0.643. The molecule has 2 N–H and O–H groups in total. The zero-order chi connectivity index (χ0) is 12.6. The summed E-state index contributed by atoms with van der Waals surface area (Å²) in [7, 11) is 0. The van der Waals surface area contributed by atoms with Crippen molar-refractivity contribution in [1.29, 1.82) is 0 Å². The van der Waals surface area contributed by atoms with Gasteiger partial charge in [0.1, 0.15) is 0 Å². The van der Waals surface area contributed by atoms with Crippen LogP contribution in [0.25, 0.3) is 0 Å². The van der Waals surface area contributed by atoms with E-state index in [0.29, 0.717) is 18.3 Å². The monoisotopic (exact) mass is 250 g/mol. The third kappa shape index (κ3) is 4.18. The Bertz CT molecular complexity index is 341. The van der Waals surface area contributed by atoms with Crippen LogP contribution < -0.4 is 10.6 Å². The Hall–Kier alpha value is -1.29. The molecule has 0 bridgehead atoms. The standard InChI is InChI=1S/C14H22N2O2/c17-14(13-8-5-11-18-13)16-10-9-15-12-6-3-1-2-4-7-12/h5,8,11-12,15H,1-4,6-7,9-10H2,(H,16,17). The van der Waals surface area contributed by atoms with Crippen molar-refractivity contribution in [3.05, 3.63) is 24.2 Å². The summed E-state index contributed by atoms with van der Waals surface area (Å²) < 4.78 is 5.03. The minimum absolute atomic E-state index is 0.136. The second-order valence-electron chi connectivity index (χ2n) is 4.88. The highest BCUT2D eigenvalue weighted by Gasteiger charge is 2.11. The first kappa shape index (κ1) is 13.1. The van der Waals surface area contributed by atoms with Crippen LogP contribution in [0, 0.1) is 0 Å². The highest BCUT2D eigenvalue weighted by molar-refractivity contribution is 5.91. The minimum atomic E-state index is -0.136. The summed E-state index contributed by atoms with van der Waals surface area (Å²) in [5.41, 5.74) is 0. The molecule has 1 aromatic heterocycles. The summed E-state index contributed by atoms with van der Waals surface area (Å²) >= 11 is 0. The Labute approximate surface area is 108 Å². The van der Waals surface area contributed by atoms with Gasteiger partial charge in [-0.1, -0.05) is 25.7 Å². The number of hydrogen-bond donors (Lipinski definition) is 2. The first-order valence-electron chi connectivity index (χ1n) is 6.91. The Kier molecular flexibility index (Phi) is 5.27. The highest BCUT2D eigenvalue weighted by atomic mass is 16.3. The van der Waals surface area contributed by atoms with Crippen LogP contribution >= 0.6 is 0 Å². The van der Waals surface area contributed by atoms with Gasteiger partial charge >= 0.3 is 0 Å². The fourth-order valence-electron chi connectivity index (χ4n) is 2.43. The number of furan rings is 1. The third-order valence-corrected chi connectivity index (χ3v) is 3.44. The number of amides is 1. The fourth-order valence-corrected chi connectivity index (χ4v) is 2.43. The van der Waals surface area contributed by atoms with E-state index in [1.165, 1.54) is 44.8 Å². The maximum atomic E-state index is 11.6. The molecule has 4 nitrogen and oxygen atoms in total. The quantitative estimate of drug-likeness (QED) is 0.623. The van der Waals surface area contributed by atoms with Gasteiger partial charge in [0.2, 0.25) is 0 Å². The summed E-state index contributed by atoms with van der Waals surface area (Å²) in [4.78, 5) is 11.6. The van der Waals surface area contributed by atoms with E-state index in [9.17, 15) is 4.79 Å². The van der Waals surface area contributed by atoms with Crippen molar-refractivity contribution in [2.45, 2.75) is 44.6 Å². The van der Waals surface area contributed by atoms with Crippen LogP contribution in [-0.4, -0.2) is 25.0 Å². The number of nitrogens with one attached hydrogen (secondary N) is 2. The molecule has 1 aromatic rings. The van der Waals surface area contributed by atoms with E-state index < -0.39 is 0 Å². The molecule has 100 valence electrons. The molecule has 0 aliphatic heterocycles. The molecule has 1 aliphatic carbocycles. The van der Waals surface area contributed by atoms with E-state index in [2.05, 4.69) is 10.6 Å². The maximum absolute atomic E-state index is 11.6. The van der Waals surface area contributed by atoms with Crippen molar-refractivity contribution in [3.63, 3.8) is 0 Å². The zero-order valence-electron chi connectivity index (χ0n) is 10.8. The lowest BCUT2D eigenvalue weighted by Gasteiger charge is -2.16. The van der Waals surface area contributed by atoms with Gasteiger partial charge in [0.25, 0.3) is 5.91 Å². The molecule has 0 aromatic carbocycles. The molecule has 0 unspecified atom stereocenters. The first-order chi connectivity index (χ1) is 8.86. The molecule has 1 amide bonds. The van der Waals surface area contributed by atoms with Gasteiger partial charge < -0.3 is 15.1 Å². The summed E-state index contributed by atoms with van der Waals surface area (Å²) in [5, 5.41) is 6.36. The van der Waals surface area contributed by atoms with Gasteiger partial charge in [0.15, 0.2) is 5.76 Å². The Morgan fingerprint density at radius 2 is 2.00 bits per heavy atom. The van der Waals surface area contributed by atoms with Crippen LogP contribution in [0.5, 0.6) is 0 Å². The van der Waals surface area contributed by atoms with Crippen LogP contribution in [-0.2, 0) is 0 Å². The van der Waals surface area contributed by atoms with Gasteiger partial charge in [-0.05, 0) is 25.0 Å². The molecule has 1 saturated carbocycles. The molecule has 1 heterocycles. The van der Waals surface area contributed by atoms with E-state index in [-0.39, 0.29) is 5.91 Å². The van der Waals surface area contributed by atoms with E-state index in [0.717, 1.165) is 6.54 Å². The SMILES string of the molecule is O=C(NCCNC1CCCCCC1)c1ccco1. The highest BCUT2D eigenvalue weighted by Crippen LogP contribution is 2.16. The van der Waals surface area contributed by atoms with E-state index in [4.69, 9.17) is 4.42 Å². The van der Waals surface area contributed by atoms with Crippen molar-refractivity contribution in [1.82, 2.24) is 10.6 Å². The van der Waals surface area contributed by atoms with Crippen LogP contribution in [0.2, 0.25) is 0 Å². The number of rotatable bonds is 5. The summed E-state index contributed by atoms with van der Waals surface area (Å²) in [5.74, 6) is 0.243. The third-order valence-electron chi connectivity index (χ3n) is 3.44. The molecule has 1 aliphatic rings. The summed E-state index contributed by atoms with van der Waals surface area (Å²) in [6.45, 7) is 1.48. The molecule has 1 fully saturated rings. The number of carbonyl (C=O) groups excluding carboxylic acids is 1. The topological polar surface area (TPSA) is 54.3 Å². The van der Waals surface area contributed by atoms with Crippen molar-refractivity contribution in [3.8, 4) is 0 Å². The smallest absolute Gasteiger partial charge is 0.287 e. The number of hydrogen-bond acceptors (Lipinski definition) is 3. The van der Waals surface area contributed by atoms with Crippen molar-refractivity contribution < 1.29 is 9.21 Å². The zero-order valence-corrected chi connectivity index (χ0v) is 10.8. The Morgan fingerprint density at radius 3 is 2.67 bits per heavy atom. The molecule has 0 atom stereocenters. The largest absolute Gasteiger partial charge is 0.459 e. The van der Waals surface area contributed by atoms with Crippen molar-refractivity contribution >= 4 is 5.91 Å². The van der Waals surface area contributed by atoms with Crippen molar-refractivity contribution in [2.24, 2.45) is 0 Å². The average molecular weight is 250 g/mol. The van der Waals surface area contributed by atoms with Crippen LogP contribution in [0.1, 0.15) is 49.1 Å². The summed E-state index contributed by atoms with van der Waals surface area (Å²) in [6, 6.07) is 4.03. The van der Waals surface area contributed by atoms with Gasteiger partial charge in [-0.3, -0.25) is 4.79 Å². The molecular weight excluding hydrogens is 228 g/mol. The molecule has 0 spiro atoms. The van der Waals surface area contributed by atoms with Gasteiger partial charge in [0, 0.05) is 19.1 Å². The van der Waals surface area contributed by atoms with Gasteiger partial charge in [-0.15, -0.1) is 0 Å². The molecule has 0 saturated heterocycles. The maximum Gasteiger partial charge on any atom is 0.287 e. The van der Waals surface area contributed by atoms with Gasteiger partial charge in [-0.25, -0.2) is 0 Å². The lowest BCUT2D eigenvalue weighted by molar-refractivity contribution is 0.0926. The molecule has 2 rings (SSSR count). The van der Waals surface area contributed by atoms with Gasteiger partial charge in [0.05, 0.1) is 6.26 Å². The Morgan fingerprint density at radius 1 is 1.22 bits per heavy atom. The molecule has 4 heteroatoms. The van der Waals surface area contributed by atoms with Crippen molar-refractivity contribution in [2.75, 3.05) is 13.1 Å². The van der Waals surface area contributed by atoms with E-state index in [1.54, 1.807) is 12.1 Å². The Balaban J connectivity index is 1.59. The normalized spacial score (nSPS) is 17.3. The predicted molar refractivity (Wildman–Crippen MR) is 70.5 cm³/mol. The predicted octanol–water partition coefficient (Wildman–Crippen LogP) is 2.32. The van der Waals surface area contributed by atoms with E-state index in [1.807, 2.05) is 0 Å². The van der Waals surface area contributed by atoms with Crippen LogP contribution in [0.15, 0.2) is 22.8 Å². The van der Waals surface area contributed by atoms with Crippen LogP contribution in [0.3, 0.4) is 0 Å². The molecule has 18 heavy (non-hydrogen) atoms. The molecule has 0 radical (unpaired) electrons. The minimum Gasteiger partial charge on any atom is -0.459 e. The summed E-state index contributed by atoms with van der Waals surface area (Å²) in [6.07, 6.45) is 9.45. The first-order valence-corrected chi connectivity index (χ1v) is 6.91. The lowest BCUT2D eigenvalue weighted by Crippen LogP contribution is -2.36. The average Bonchev–Trinajstić information content (AvgIpc) is 2.80. The second kappa shape index (κ2) is 7.21. The lowest BCUT2D eigenvalue weighted by atomic mass is 10.1. The second-order valence-corrected chi connectivity index (χ2v) is 4.88. The van der Waals surface area contributed by atoms with Crippen LogP contribution in [0.4, 0.5) is 0 Å². The number of carbonyl (C=O) groups is 1. The van der Waals surface area contributed by atoms with E-state index >= 15 is 0 Å². The van der Waals surface area contributed by atoms with Gasteiger partial charge in [-0.2, -0.15) is 0 Å². The molecular formula is C14H22N2O2.